The number of nitriles is 1. The van der Waals surface area contributed by atoms with Crippen LogP contribution in [0, 0.1) is 17.2 Å². The number of rotatable bonds is 7. The lowest BCUT2D eigenvalue weighted by Gasteiger charge is -2.19. The molecule has 0 aliphatic heterocycles. The Bertz CT molecular complexity index is 324. The quantitative estimate of drug-likeness (QED) is 0.626. The van der Waals surface area contributed by atoms with Crippen molar-refractivity contribution in [2.45, 2.75) is 64.2 Å². The highest BCUT2D eigenvalue weighted by Crippen LogP contribution is 2.26. The predicted molar refractivity (Wildman–Crippen MR) is 74.2 cm³/mol. The van der Waals surface area contributed by atoms with E-state index in [1.54, 1.807) is 0 Å². The van der Waals surface area contributed by atoms with Crippen molar-refractivity contribution in [2.75, 3.05) is 0 Å². The molecule has 0 spiro atoms. The summed E-state index contributed by atoms with van der Waals surface area (Å²) in [5, 5.41) is 9.21. The molecule has 1 saturated carbocycles. The van der Waals surface area contributed by atoms with Crippen LogP contribution in [0.5, 0.6) is 0 Å². The Kier molecular flexibility index (Phi) is 7.76. The van der Waals surface area contributed by atoms with Crippen LogP contribution in [-0.2, 0) is 4.79 Å². The van der Waals surface area contributed by atoms with Gasteiger partial charge in [-0.15, -0.1) is 0 Å². The fourth-order valence-corrected chi connectivity index (χ4v) is 2.68. The largest absolute Gasteiger partial charge is 0.299 e. The molecule has 1 fully saturated rings. The van der Waals surface area contributed by atoms with Crippen LogP contribution < -0.4 is 0 Å². The van der Waals surface area contributed by atoms with Crippen LogP contribution in [0.3, 0.4) is 0 Å². The first-order chi connectivity index (χ1) is 8.74. The van der Waals surface area contributed by atoms with Gasteiger partial charge < -0.3 is 0 Å². The van der Waals surface area contributed by atoms with Gasteiger partial charge in [-0.1, -0.05) is 36.9 Å². The van der Waals surface area contributed by atoms with Gasteiger partial charge in [0.15, 0.2) is 0 Å². The molecule has 100 valence electrons. The Morgan fingerprint density at radius 2 is 2.00 bits per heavy atom. The van der Waals surface area contributed by atoms with Crippen LogP contribution in [0.1, 0.15) is 64.2 Å². The van der Waals surface area contributed by atoms with Gasteiger partial charge in [0.25, 0.3) is 0 Å². The monoisotopic (exact) mass is 267 g/mol. The van der Waals surface area contributed by atoms with E-state index < -0.39 is 0 Å². The van der Waals surface area contributed by atoms with Crippen molar-refractivity contribution in [3.8, 4) is 6.07 Å². The van der Waals surface area contributed by atoms with Crippen LogP contribution in [0.2, 0.25) is 0 Å². The standard InChI is InChI=1S/C15H22ClNO/c16-14(9-4-5-12-17)10-6-11-15(18)13-7-2-1-3-8-13/h10,13H,1-9,11H2/b14-10+. The molecule has 3 heteroatoms. The first-order valence-electron chi connectivity index (χ1n) is 6.98. The third-order valence-electron chi connectivity index (χ3n) is 3.52. The number of nitrogens with zero attached hydrogens (tertiary/aromatic N) is 1. The van der Waals surface area contributed by atoms with E-state index >= 15 is 0 Å². The zero-order valence-electron chi connectivity index (χ0n) is 11.0. The van der Waals surface area contributed by atoms with Gasteiger partial charge in [0.05, 0.1) is 6.07 Å². The van der Waals surface area contributed by atoms with Gasteiger partial charge in [-0.25, -0.2) is 0 Å². The van der Waals surface area contributed by atoms with Gasteiger partial charge in [-0.05, 0) is 32.1 Å². The summed E-state index contributed by atoms with van der Waals surface area (Å²) in [6.45, 7) is 0. The fourth-order valence-electron chi connectivity index (χ4n) is 2.44. The first-order valence-corrected chi connectivity index (χ1v) is 7.36. The van der Waals surface area contributed by atoms with Crippen LogP contribution in [0.15, 0.2) is 11.1 Å². The van der Waals surface area contributed by atoms with Crippen molar-refractivity contribution in [1.82, 2.24) is 0 Å². The summed E-state index contributed by atoms with van der Waals surface area (Å²) in [5.41, 5.74) is 0. The van der Waals surface area contributed by atoms with Crippen molar-refractivity contribution in [1.29, 1.82) is 5.26 Å². The van der Waals surface area contributed by atoms with Crippen LogP contribution >= 0.6 is 11.6 Å². The van der Waals surface area contributed by atoms with E-state index in [1.165, 1.54) is 19.3 Å². The lowest BCUT2D eigenvalue weighted by atomic mass is 9.85. The molecule has 2 nitrogen and oxygen atoms in total. The molecule has 0 N–H and O–H groups in total. The Balaban J connectivity index is 2.17. The number of carbonyl (C=O) groups is 1. The summed E-state index contributed by atoms with van der Waals surface area (Å²) >= 11 is 6.03. The summed E-state index contributed by atoms with van der Waals surface area (Å²) in [7, 11) is 0. The molecule has 1 aliphatic rings. The summed E-state index contributed by atoms with van der Waals surface area (Å²) in [4.78, 5) is 11.9. The number of unbranched alkanes of at least 4 members (excludes halogenated alkanes) is 1. The predicted octanol–water partition coefficient (Wildman–Crippen LogP) is 4.73. The maximum Gasteiger partial charge on any atom is 0.136 e. The van der Waals surface area contributed by atoms with Gasteiger partial charge in [0.1, 0.15) is 5.78 Å². The van der Waals surface area contributed by atoms with Crippen LogP contribution in [0.4, 0.5) is 0 Å². The van der Waals surface area contributed by atoms with Gasteiger partial charge >= 0.3 is 0 Å². The Hall–Kier alpha value is -0.810. The van der Waals surface area contributed by atoms with E-state index in [0.717, 1.165) is 37.1 Å². The molecule has 1 rings (SSSR count). The average molecular weight is 268 g/mol. The molecular weight excluding hydrogens is 246 g/mol. The second-order valence-electron chi connectivity index (χ2n) is 5.00. The maximum atomic E-state index is 11.9. The minimum atomic E-state index is 0.310. The van der Waals surface area contributed by atoms with Gasteiger partial charge in [-0.3, -0.25) is 4.79 Å². The molecule has 0 bridgehead atoms. The number of carbonyl (C=O) groups excluding carboxylic acids is 1. The first kappa shape index (κ1) is 15.2. The van der Waals surface area contributed by atoms with Crippen molar-refractivity contribution in [3.63, 3.8) is 0 Å². The highest BCUT2D eigenvalue weighted by atomic mass is 35.5. The molecule has 0 heterocycles. The summed E-state index contributed by atoms with van der Waals surface area (Å²) in [6.07, 6.45) is 11.3. The average Bonchev–Trinajstić information content (AvgIpc) is 2.40. The molecule has 0 amide bonds. The summed E-state index contributed by atoms with van der Waals surface area (Å²) in [6, 6.07) is 2.10. The van der Waals surface area contributed by atoms with E-state index in [4.69, 9.17) is 16.9 Å². The van der Waals surface area contributed by atoms with Crippen LogP contribution in [-0.4, -0.2) is 5.78 Å². The zero-order valence-corrected chi connectivity index (χ0v) is 11.7. The van der Waals surface area contributed by atoms with Crippen molar-refractivity contribution in [3.05, 3.63) is 11.1 Å². The normalized spacial score (nSPS) is 17.4. The molecular formula is C15H22ClNO. The van der Waals surface area contributed by atoms with Gasteiger partial charge in [0, 0.05) is 23.8 Å². The molecule has 18 heavy (non-hydrogen) atoms. The minimum Gasteiger partial charge on any atom is -0.299 e. The van der Waals surface area contributed by atoms with Gasteiger partial charge in [-0.2, -0.15) is 5.26 Å². The van der Waals surface area contributed by atoms with E-state index in [9.17, 15) is 4.79 Å². The number of Topliss-reactive ketones (excluding diaryl/α,β-unsaturated/α-hetero) is 1. The maximum absolute atomic E-state index is 11.9. The summed E-state index contributed by atoms with van der Waals surface area (Å²) < 4.78 is 0. The lowest BCUT2D eigenvalue weighted by molar-refractivity contribution is -0.123. The smallest absolute Gasteiger partial charge is 0.136 e. The second kappa shape index (κ2) is 9.16. The number of halogens is 1. The molecule has 0 aromatic rings. The second-order valence-corrected chi connectivity index (χ2v) is 5.49. The van der Waals surface area contributed by atoms with E-state index in [-0.39, 0.29) is 0 Å². The molecule has 1 aliphatic carbocycles. The topological polar surface area (TPSA) is 40.9 Å². The number of hydrogen-bond donors (Lipinski definition) is 0. The molecule has 0 unspecified atom stereocenters. The Morgan fingerprint density at radius 3 is 2.67 bits per heavy atom. The third kappa shape index (κ3) is 6.21. The molecule has 0 radical (unpaired) electrons. The number of allylic oxidation sites excluding steroid dienone is 2. The van der Waals surface area contributed by atoms with E-state index in [0.29, 0.717) is 24.5 Å². The Morgan fingerprint density at radius 1 is 1.28 bits per heavy atom. The summed E-state index contributed by atoms with van der Waals surface area (Å²) in [5.74, 6) is 0.719. The van der Waals surface area contributed by atoms with E-state index in [1.807, 2.05) is 6.08 Å². The van der Waals surface area contributed by atoms with Crippen molar-refractivity contribution < 1.29 is 4.79 Å². The van der Waals surface area contributed by atoms with Crippen LogP contribution in [0.25, 0.3) is 0 Å². The highest BCUT2D eigenvalue weighted by Gasteiger charge is 2.19. The van der Waals surface area contributed by atoms with Crippen molar-refractivity contribution in [2.24, 2.45) is 5.92 Å². The molecule has 0 aromatic heterocycles. The third-order valence-corrected chi connectivity index (χ3v) is 3.86. The zero-order chi connectivity index (χ0) is 13.2. The van der Waals surface area contributed by atoms with E-state index in [2.05, 4.69) is 6.07 Å². The fraction of sp³-hybridized carbons (Fsp3) is 0.733. The highest BCUT2D eigenvalue weighted by molar-refractivity contribution is 6.29. The number of hydrogen-bond acceptors (Lipinski definition) is 2. The lowest BCUT2D eigenvalue weighted by Crippen LogP contribution is -2.17. The Labute approximate surface area is 115 Å². The molecule has 0 atom stereocenters. The SMILES string of the molecule is N#CCCC/C(Cl)=C\CCC(=O)C1CCCCC1. The molecule has 0 saturated heterocycles. The minimum absolute atomic E-state index is 0.310. The molecule has 0 aromatic carbocycles. The number of ketones is 1. The van der Waals surface area contributed by atoms with Crippen molar-refractivity contribution >= 4 is 17.4 Å². The van der Waals surface area contributed by atoms with Gasteiger partial charge in [0.2, 0.25) is 0 Å².